The van der Waals surface area contributed by atoms with Crippen molar-refractivity contribution in [2.24, 2.45) is 5.92 Å². The standard InChI is InChI=1S/C15H21FN2O2/c1-11(2)10-17-5-7-18(8-6-17)12-3-4-13(15(19)20)14(16)9-12/h3-4,9,11H,5-8,10H2,1-2H3,(H,19,20). The van der Waals surface area contributed by atoms with Crippen LogP contribution in [0.15, 0.2) is 18.2 Å². The van der Waals surface area contributed by atoms with Gasteiger partial charge < -0.3 is 10.0 Å². The van der Waals surface area contributed by atoms with E-state index in [-0.39, 0.29) is 5.56 Å². The van der Waals surface area contributed by atoms with Crippen molar-refractivity contribution in [2.75, 3.05) is 37.6 Å². The van der Waals surface area contributed by atoms with Crippen molar-refractivity contribution in [1.82, 2.24) is 4.90 Å². The lowest BCUT2D eigenvalue weighted by Gasteiger charge is -2.36. The van der Waals surface area contributed by atoms with Crippen molar-refractivity contribution in [3.8, 4) is 0 Å². The normalized spacial score (nSPS) is 16.7. The highest BCUT2D eigenvalue weighted by molar-refractivity contribution is 5.88. The second-order valence-corrected chi connectivity index (χ2v) is 5.65. The van der Waals surface area contributed by atoms with Gasteiger partial charge in [-0.15, -0.1) is 0 Å². The highest BCUT2D eigenvalue weighted by atomic mass is 19.1. The minimum absolute atomic E-state index is 0.271. The highest BCUT2D eigenvalue weighted by Gasteiger charge is 2.19. The Hall–Kier alpha value is -1.62. The van der Waals surface area contributed by atoms with E-state index in [2.05, 4.69) is 23.6 Å². The molecule has 1 aromatic rings. The Balaban J connectivity index is 2.00. The van der Waals surface area contributed by atoms with Gasteiger partial charge >= 0.3 is 5.97 Å². The van der Waals surface area contributed by atoms with E-state index < -0.39 is 11.8 Å². The Morgan fingerprint density at radius 3 is 2.45 bits per heavy atom. The highest BCUT2D eigenvalue weighted by Crippen LogP contribution is 2.20. The lowest BCUT2D eigenvalue weighted by Crippen LogP contribution is -2.47. The molecule has 0 saturated carbocycles. The summed E-state index contributed by atoms with van der Waals surface area (Å²) in [4.78, 5) is 15.3. The summed E-state index contributed by atoms with van der Waals surface area (Å²) in [6, 6.07) is 4.35. The number of rotatable bonds is 4. The quantitative estimate of drug-likeness (QED) is 0.919. The summed E-state index contributed by atoms with van der Waals surface area (Å²) in [5, 5.41) is 8.83. The molecule has 1 aliphatic rings. The van der Waals surface area contributed by atoms with E-state index in [0.717, 1.165) is 38.4 Å². The number of nitrogens with zero attached hydrogens (tertiary/aromatic N) is 2. The van der Waals surface area contributed by atoms with Gasteiger partial charge in [-0.25, -0.2) is 9.18 Å². The number of carboxylic acid groups (broad SMARTS) is 1. The van der Waals surface area contributed by atoms with E-state index in [1.165, 1.54) is 12.1 Å². The molecule has 0 aliphatic carbocycles. The number of carboxylic acids is 1. The minimum atomic E-state index is -1.23. The summed E-state index contributed by atoms with van der Waals surface area (Å²) < 4.78 is 13.7. The van der Waals surface area contributed by atoms with Crippen molar-refractivity contribution < 1.29 is 14.3 Å². The fraction of sp³-hybridized carbons (Fsp3) is 0.533. The van der Waals surface area contributed by atoms with Crippen LogP contribution in [0.3, 0.4) is 0 Å². The topological polar surface area (TPSA) is 43.8 Å². The smallest absolute Gasteiger partial charge is 0.338 e. The van der Waals surface area contributed by atoms with Crippen molar-refractivity contribution in [3.05, 3.63) is 29.6 Å². The van der Waals surface area contributed by atoms with Gasteiger partial charge in [-0.05, 0) is 24.1 Å². The van der Waals surface area contributed by atoms with E-state index in [1.54, 1.807) is 6.07 Å². The average Bonchev–Trinajstić information content (AvgIpc) is 2.38. The number of anilines is 1. The Bertz CT molecular complexity index is 483. The fourth-order valence-electron chi connectivity index (χ4n) is 2.58. The molecule has 1 saturated heterocycles. The van der Waals surface area contributed by atoms with Gasteiger partial charge in [-0.1, -0.05) is 13.8 Å². The molecule has 0 bridgehead atoms. The molecule has 1 aromatic carbocycles. The van der Waals surface area contributed by atoms with Crippen LogP contribution < -0.4 is 4.90 Å². The Morgan fingerprint density at radius 2 is 1.95 bits per heavy atom. The number of hydrogen-bond donors (Lipinski definition) is 1. The van der Waals surface area contributed by atoms with Gasteiger partial charge in [0.2, 0.25) is 0 Å². The number of aromatic carboxylic acids is 1. The molecule has 0 unspecified atom stereocenters. The van der Waals surface area contributed by atoms with Crippen molar-refractivity contribution in [3.63, 3.8) is 0 Å². The molecule has 0 spiro atoms. The molecule has 1 N–H and O–H groups in total. The number of piperazine rings is 1. The van der Waals surface area contributed by atoms with E-state index in [9.17, 15) is 9.18 Å². The van der Waals surface area contributed by atoms with Gasteiger partial charge in [0, 0.05) is 38.4 Å². The zero-order chi connectivity index (χ0) is 14.7. The molecular weight excluding hydrogens is 259 g/mol. The molecule has 20 heavy (non-hydrogen) atoms. The van der Waals surface area contributed by atoms with E-state index in [0.29, 0.717) is 5.92 Å². The van der Waals surface area contributed by atoms with E-state index in [1.807, 2.05) is 0 Å². The van der Waals surface area contributed by atoms with Gasteiger partial charge in [0.05, 0.1) is 5.56 Å². The van der Waals surface area contributed by atoms with Crippen LogP contribution in [0.2, 0.25) is 0 Å². The summed E-state index contributed by atoms with van der Waals surface area (Å²) in [6.07, 6.45) is 0. The first-order chi connectivity index (χ1) is 9.47. The third-order valence-corrected chi connectivity index (χ3v) is 3.54. The first-order valence-electron chi connectivity index (χ1n) is 6.97. The number of halogens is 1. The molecule has 110 valence electrons. The lowest BCUT2D eigenvalue weighted by molar-refractivity contribution is 0.0692. The number of benzene rings is 1. The summed E-state index contributed by atoms with van der Waals surface area (Å²) in [5.41, 5.74) is 0.490. The molecule has 4 nitrogen and oxygen atoms in total. The summed E-state index contributed by atoms with van der Waals surface area (Å²) in [5.74, 6) is -1.25. The third kappa shape index (κ3) is 3.48. The lowest BCUT2D eigenvalue weighted by atomic mass is 10.1. The van der Waals surface area contributed by atoms with Crippen LogP contribution in [0.1, 0.15) is 24.2 Å². The molecule has 5 heteroatoms. The third-order valence-electron chi connectivity index (χ3n) is 3.54. The Kier molecular flexibility index (Phi) is 4.60. The maximum Gasteiger partial charge on any atom is 0.338 e. The van der Waals surface area contributed by atoms with Crippen LogP contribution >= 0.6 is 0 Å². The molecule has 1 aliphatic heterocycles. The van der Waals surface area contributed by atoms with E-state index in [4.69, 9.17) is 5.11 Å². The van der Waals surface area contributed by atoms with Crippen molar-refractivity contribution in [2.45, 2.75) is 13.8 Å². The molecule has 0 radical (unpaired) electrons. The number of hydrogen-bond acceptors (Lipinski definition) is 3. The number of carbonyl (C=O) groups is 1. The molecule has 0 amide bonds. The molecule has 0 aromatic heterocycles. The molecular formula is C15H21FN2O2. The van der Waals surface area contributed by atoms with Crippen LogP contribution in [0.4, 0.5) is 10.1 Å². The van der Waals surface area contributed by atoms with Gasteiger partial charge in [0.1, 0.15) is 5.82 Å². The predicted molar refractivity (Wildman–Crippen MR) is 76.9 cm³/mol. The minimum Gasteiger partial charge on any atom is -0.478 e. The molecule has 2 rings (SSSR count). The SMILES string of the molecule is CC(C)CN1CCN(c2ccc(C(=O)O)c(F)c2)CC1. The van der Waals surface area contributed by atoms with E-state index >= 15 is 0 Å². The summed E-state index contributed by atoms with van der Waals surface area (Å²) in [7, 11) is 0. The zero-order valence-electron chi connectivity index (χ0n) is 12.0. The summed E-state index contributed by atoms with van der Waals surface area (Å²) >= 11 is 0. The predicted octanol–water partition coefficient (Wildman–Crippen LogP) is 2.30. The largest absolute Gasteiger partial charge is 0.478 e. The molecule has 1 heterocycles. The van der Waals surface area contributed by atoms with Crippen LogP contribution in [0.25, 0.3) is 0 Å². The maximum absolute atomic E-state index is 13.7. The van der Waals surface area contributed by atoms with Gasteiger partial charge in [-0.2, -0.15) is 0 Å². The van der Waals surface area contributed by atoms with Gasteiger partial charge in [0.25, 0.3) is 0 Å². The molecule has 1 fully saturated rings. The second kappa shape index (κ2) is 6.22. The summed E-state index contributed by atoms with van der Waals surface area (Å²) in [6.45, 7) is 9.09. The Morgan fingerprint density at radius 1 is 1.30 bits per heavy atom. The zero-order valence-corrected chi connectivity index (χ0v) is 12.0. The average molecular weight is 280 g/mol. The van der Waals surface area contributed by atoms with Crippen LogP contribution in [0, 0.1) is 11.7 Å². The van der Waals surface area contributed by atoms with Crippen LogP contribution in [-0.4, -0.2) is 48.7 Å². The van der Waals surface area contributed by atoms with Crippen molar-refractivity contribution >= 4 is 11.7 Å². The maximum atomic E-state index is 13.7. The van der Waals surface area contributed by atoms with Crippen LogP contribution in [0.5, 0.6) is 0 Å². The Labute approximate surface area is 118 Å². The van der Waals surface area contributed by atoms with Crippen LogP contribution in [-0.2, 0) is 0 Å². The van der Waals surface area contributed by atoms with Gasteiger partial charge in [-0.3, -0.25) is 4.90 Å². The van der Waals surface area contributed by atoms with Gasteiger partial charge in [0.15, 0.2) is 0 Å². The van der Waals surface area contributed by atoms with Crippen molar-refractivity contribution in [1.29, 1.82) is 0 Å². The fourth-order valence-corrected chi connectivity index (χ4v) is 2.58. The monoisotopic (exact) mass is 280 g/mol. The second-order valence-electron chi connectivity index (χ2n) is 5.65. The first-order valence-corrected chi connectivity index (χ1v) is 6.97. The molecule has 0 atom stereocenters. The first kappa shape index (κ1) is 14.8.